The fraction of sp³-hybridized carbons (Fsp3) is 0.500. The number of aliphatic hydroxyl groups is 4. The van der Waals surface area contributed by atoms with Crippen LogP contribution in [0.3, 0.4) is 0 Å². The number of aliphatic carboxylic acids is 1. The molecule has 0 radical (unpaired) electrons. The highest BCUT2D eigenvalue weighted by molar-refractivity contribution is 7.19. The Balaban J connectivity index is 1.94. The molecule has 6 atom stereocenters. The zero-order valence-corrected chi connectivity index (χ0v) is 16.1. The first-order valence-corrected chi connectivity index (χ1v) is 9.58. The van der Waals surface area contributed by atoms with Gasteiger partial charge in [0, 0.05) is 5.92 Å². The molecule has 10 nitrogen and oxygen atoms in total. The maximum absolute atomic E-state index is 12.0. The van der Waals surface area contributed by atoms with Crippen LogP contribution in [0.4, 0.5) is 0 Å². The number of nitrogens with zero attached hydrogens (tertiary/aromatic N) is 2. The summed E-state index contributed by atoms with van der Waals surface area (Å²) < 4.78 is 11.8. The number of aliphatic hydroxyl groups excluding tert-OH is 4. The topological polar surface area (TPSA) is 173 Å². The third kappa shape index (κ3) is 4.04. The van der Waals surface area contributed by atoms with Crippen molar-refractivity contribution in [2.24, 2.45) is 5.92 Å². The molecule has 1 aliphatic rings. The van der Waals surface area contributed by atoms with Gasteiger partial charge in [0.1, 0.15) is 24.0 Å². The predicted molar refractivity (Wildman–Crippen MR) is 99.1 cm³/mol. The van der Waals surface area contributed by atoms with E-state index in [4.69, 9.17) is 19.8 Å². The van der Waals surface area contributed by atoms with Crippen LogP contribution < -0.4 is 4.74 Å². The summed E-state index contributed by atoms with van der Waals surface area (Å²) in [6.45, 7) is 0.759. The average molecular weight is 424 g/mol. The third-order valence-corrected chi connectivity index (χ3v) is 5.83. The van der Waals surface area contributed by atoms with Crippen LogP contribution in [0.1, 0.15) is 18.4 Å². The number of fused-ring (bicyclic) bond motifs is 1. The molecular formula is C18H20N2O8S. The van der Waals surface area contributed by atoms with Gasteiger partial charge >= 0.3 is 11.8 Å². The fourth-order valence-corrected chi connectivity index (χ4v) is 4.01. The van der Waals surface area contributed by atoms with Gasteiger partial charge in [-0.05, 0) is 18.2 Å². The molecule has 0 saturated carbocycles. The fourth-order valence-electron chi connectivity index (χ4n) is 3.22. The molecule has 1 aliphatic heterocycles. The van der Waals surface area contributed by atoms with E-state index in [1.54, 1.807) is 6.07 Å². The number of aromatic nitrogens is 1. The SMILES string of the molecule is CC1C(O)CC(Oc2ccc3nc(C#N)sc3c2)(C(=O)O)OC1[C@H](O)[C@H](O)CO. The van der Waals surface area contributed by atoms with Crippen molar-refractivity contribution in [3.63, 3.8) is 0 Å². The number of hydrogen-bond acceptors (Lipinski definition) is 10. The van der Waals surface area contributed by atoms with Crippen molar-refractivity contribution in [2.75, 3.05) is 6.61 Å². The minimum absolute atomic E-state index is 0.103. The molecule has 11 heteroatoms. The zero-order valence-electron chi connectivity index (χ0n) is 15.3. The van der Waals surface area contributed by atoms with Gasteiger partial charge < -0.3 is 35.0 Å². The molecule has 29 heavy (non-hydrogen) atoms. The van der Waals surface area contributed by atoms with Gasteiger partial charge in [-0.1, -0.05) is 6.92 Å². The van der Waals surface area contributed by atoms with Crippen molar-refractivity contribution in [1.82, 2.24) is 4.98 Å². The molecule has 4 unspecified atom stereocenters. The molecule has 2 heterocycles. The summed E-state index contributed by atoms with van der Waals surface area (Å²) in [7, 11) is 0. The zero-order chi connectivity index (χ0) is 21.3. The molecular weight excluding hydrogens is 404 g/mol. The van der Waals surface area contributed by atoms with Crippen molar-refractivity contribution in [1.29, 1.82) is 5.26 Å². The van der Waals surface area contributed by atoms with Crippen LogP contribution in [0.15, 0.2) is 18.2 Å². The van der Waals surface area contributed by atoms with Crippen LogP contribution in [-0.4, -0.2) is 73.3 Å². The summed E-state index contributed by atoms with van der Waals surface area (Å²) in [5.74, 6) is -4.49. The van der Waals surface area contributed by atoms with Gasteiger partial charge in [-0.2, -0.15) is 5.26 Å². The number of ether oxygens (including phenoxy) is 2. The molecule has 156 valence electrons. The number of carbonyl (C=O) groups is 1. The van der Waals surface area contributed by atoms with Crippen LogP contribution in [0.2, 0.25) is 0 Å². The lowest BCUT2D eigenvalue weighted by Gasteiger charge is -2.45. The summed E-state index contributed by atoms with van der Waals surface area (Å²) in [5, 5.41) is 58.5. The lowest BCUT2D eigenvalue weighted by atomic mass is 9.84. The Kier molecular flexibility index (Phi) is 6.04. The van der Waals surface area contributed by atoms with Gasteiger partial charge in [-0.25, -0.2) is 9.78 Å². The first-order valence-electron chi connectivity index (χ1n) is 8.76. The molecule has 3 rings (SSSR count). The Morgan fingerprint density at radius 2 is 2.24 bits per heavy atom. The van der Waals surface area contributed by atoms with E-state index in [1.807, 2.05) is 6.07 Å². The molecule has 1 saturated heterocycles. The maximum atomic E-state index is 12.0. The Bertz CT molecular complexity index is 944. The van der Waals surface area contributed by atoms with Crippen molar-refractivity contribution >= 4 is 27.5 Å². The highest BCUT2D eigenvalue weighted by atomic mass is 32.1. The highest BCUT2D eigenvalue weighted by Crippen LogP contribution is 2.38. The minimum atomic E-state index is -2.33. The molecule has 0 spiro atoms. The van der Waals surface area contributed by atoms with E-state index in [-0.39, 0.29) is 10.8 Å². The number of nitriles is 1. The smallest absolute Gasteiger partial charge is 0.377 e. The third-order valence-electron chi connectivity index (χ3n) is 4.91. The largest absolute Gasteiger partial charge is 0.476 e. The lowest BCUT2D eigenvalue weighted by Crippen LogP contribution is -2.62. The first kappa shape index (κ1) is 21.4. The summed E-state index contributed by atoms with van der Waals surface area (Å²) >= 11 is 1.10. The quantitative estimate of drug-likeness (QED) is 0.419. The molecule has 1 fully saturated rings. The van der Waals surface area contributed by atoms with Crippen LogP contribution in [0.25, 0.3) is 10.2 Å². The lowest BCUT2D eigenvalue weighted by molar-refractivity contribution is -0.291. The summed E-state index contributed by atoms with van der Waals surface area (Å²) in [6, 6.07) is 6.44. The Morgan fingerprint density at radius 1 is 1.52 bits per heavy atom. The van der Waals surface area contributed by atoms with Gasteiger partial charge in [0.15, 0.2) is 5.01 Å². The summed E-state index contributed by atoms with van der Waals surface area (Å²) in [5.41, 5.74) is 0.542. The van der Waals surface area contributed by atoms with E-state index in [2.05, 4.69) is 4.98 Å². The van der Waals surface area contributed by atoms with Gasteiger partial charge in [0.25, 0.3) is 0 Å². The van der Waals surface area contributed by atoms with Gasteiger partial charge in [0.2, 0.25) is 0 Å². The van der Waals surface area contributed by atoms with Crippen molar-refractivity contribution < 1.29 is 39.8 Å². The van der Waals surface area contributed by atoms with Crippen molar-refractivity contribution in [3.05, 3.63) is 23.2 Å². The molecule has 2 aromatic rings. The van der Waals surface area contributed by atoms with Crippen molar-refractivity contribution in [2.45, 2.75) is 43.5 Å². The Labute approximate surface area is 169 Å². The van der Waals surface area contributed by atoms with Crippen LogP contribution >= 0.6 is 11.3 Å². The Morgan fingerprint density at radius 3 is 2.86 bits per heavy atom. The van der Waals surface area contributed by atoms with Gasteiger partial charge in [-0.15, -0.1) is 11.3 Å². The highest BCUT2D eigenvalue weighted by Gasteiger charge is 2.55. The molecule has 1 aromatic carbocycles. The normalized spacial score (nSPS) is 29.2. The molecule has 0 aliphatic carbocycles. The molecule has 5 N–H and O–H groups in total. The second-order valence-electron chi connectivity index (χ2n) is 6.87. The average Bonchev–Trinajstić information content (AvgIpc) is 3.11. The van der Waals surface area contributed by atoms with Crippen LogP contribution in [0, 0.1) is 17.2 Å². The minimum Gasteiger partial charge on any atom is -0.476 e. The molecule has 0 bridgehead atoms. The monoisotopic (exact) mass is 424 g/mol. The second-order valence-corrected chi connectivity index (χ2v) is 7.90. The number of thiazole rings is 1. The van der Waals surface area contributed by atoms with E-state index in [9.17, 15) is 25.2 Å². The summed E-state index contributed by atoms with van der Waals surface area (Å²) in [6.07, 6.45) is -6.18. The number of carboxylic acid groups (broad SMARTS) is 1. The number of hydrogen-bond donors (Lipinski definition) is 5. The number of rotatable bonds is 6. The van der Waals surface area contributed by atoms with E-state index in [0.717, 1.165) is 11.3 Å². The number of carboxylic acids is 1. The second kappa shape index (κ2) is 8.19. The summed E-state index contributed by atoms with van der Waals surface area (Å²) in [4.78, 5) is 16.1. The van der Waals surface area contributed by atoms with Crippen molar-refractivity contribution in [3.8, 4) is 11.8 Å². The predicted octanol–water partition coefficient (Wildman–Crippen LogP) is -0.172. The molecule has 0 amide bonds. The van der Waals surface area contributed by atoms with Crippen LogP contribution in [-0.2, 0) is 9.53 Å². The van der Waals surface area contributed by atoms with Gasteiger partial charge in [0.05, 0.1) is 35.5 Å². The van der Waals surface area contributed by atoms with E-state index in [1.165, 1.54) is 19.1 Å². The molecule has 1 aromatic heterocycles. The van der Waals surface area contributed by atoms with Gasteiger partial charge in [-0.3, -0.25) is 0 Å². The van der Waals surface area contributed by atoms with E-state index in [0.29, 0.717) is 10.2 Å². The maximum Gasteiger partial charge on any atom is 0.377 e. The van der Waals surface area contributed by atoms with E-state index >= 15 is 0 Å². The Hall–Kier alpha value is -2.33. The first-order chi connectivity index (χ1) is 13.7. The number of benzene rings is 1. The standard InChI is InChI=1S/C18H20N2O8S/c1-8-11(22)5-18(17(25)26,28-16(8)15(24)12(23)7-21)27-9-2-3-10-13(4-9)29-14(6-19)20-10/h2-4,8,11-12,15-16,21-24H,5,7H2,1H3,(H,25,26)/t8?,11?,12-,15-,16?,18?/m1/s1. The van der Waals surface area contributed by atoms with E-state index < -0.39 is 55.1 Å². The van der Waals surface area contributed by atoms with Crippen LogP contribution in [0.5, 0.6) is 5.75 Å².